The number of halogens is 4. The number of anilines is 1. The van der Waals surface area contributed by atoms with Gasteiger partial charge < -0.3 is 4.74 Å². The Morgan fingerprint density at radius 2 is 1.90 bits per heavy atom. The quantitative estimate of drug-likeness (QED) is 0.464. The molecule has 3 aromatic rings. The third-order valence-corrected chi connectivity index (χ3v) is 6.27. The number of aromatic nitrogens is 2. The van der Waals surface area contributed by atoms with Crippen molar-refractivity contribution in [1.29, 1.82) is 0 Å². The van der Waals surface area contributed by atoms with Crippen LogP contribution in [0.3, 0.4) is 0 Å². The molecule has 0 saturated heterocycles. The first kappa shape index (κ1) is 21.8. The van der Waals surface area contributed by atoms with E-state index in [-0.39, 0.29) is 22.8 Å². The molecule has 0 unspecified atom stereocenters. The van der Waals surface area contributed by atoms with Crippen molar-refractivity contribution in [2.75, 3.05) is 17.7 Å². The molecule has 2 aromatic carbocycles. The number of alkyl halides is 2. The largest absolute Gasteiger partial charge is 0.497 e. The van der Waals surface area contributed by atoms with Gasteiger partial charge in [0.25, 0.3) is 6.43 Å². The van der Waals surface area contributed by atoms with Gasteiger partial charge in [0.15, 0.2) is 5.82 Å². The van der Waals surface area contributed by atoms with Crippen molar-refractivity contribution in [3.05, 3.63) is 51.5 Å². The molecule has 0 aliphatic rings. The Morgan fingerprint density at radius 3 is 2.45 bits per heavy atom. The van der Waals surface area contributed by atoms with Gasteiger partial charge in [0.1, 0.15) is 12.3 Å². The number of benzene rings is 2. The molecule has 0 saturated carbocycles. The predicted molar refractivity (Wildman–Crippen MR) is 112 cm³/mol. The first-order chi connectivity index (χ1) is 13.6. The standard InChI is InChI=1S/C18H17BrClF2N3O3S/c1-28-12-5-3-11(4-6-12)9-25(29(2,26)27)18-16-14(20)8-7-13(19)17(16)24(23-18)10-15(21)22/h3-8,15H,9-10H2,1-2H3. The summed E-state index contributed by atoms with van der Waals surface area (Å²) < 4.78 is 59.1. The van der Waals surface area contributed by atoms with Gasteiger partial charge in [0, 0.05) is 4.47 Å². The number of sulfonamides is 1. The molecule has 0 aliphatic carbocycles. The number of hydrogen-bond donors (Lipinski definition) is 0. The van der Waals surface area contributed by atoms with E-state index in [9.17, 15) is 17.2 Å². The van der Waals surface area contributed by atoms with E-state index in [1.54, 1.807) is 36.4 Å². The second-order valence-electron chi connectivity index (χ2n) is 6.27. The summed E-state index contributed by atoms with van der Waals surface area (Å²) in [4.78, 5) is 0. The third kappa shape index (κ3) is 4.65. The molecule has 0 radical (unpaired) electrons. The van der Waals surface area contributed by atoms with Crippen molar-refractivity contribution in [3.8, 4) is 5.75 Å². The number of fused-ring (bicyclic) bond motifs is 1. The van der Waals surface area contributed by atoms with Crippen LogP contribution < -0.4 is 9.04 Å². The summed E-state index contributed by atoms with van der Waals surface area (Å²) in [6.45, 7) is -0.748. The number of methoxy groups -OCH3 is 1. The highest BCUT2D eigenvalue weighted by Gasteiger charge is 2.27. The van der Waals surface area contributed by atoms with Gasteiger partial charge in [-0.3, -0.25) is 4.68 Å². The minimum Gasteiger partial charge on any atom is -0.497 e. The average Bonchev–Trinajstić information content (AvgIpc) is 3.01. The summed E-state index contributed by atoms with van der Waals surface area (Å²) in [6, 6.07) is 9.99. The smallest absolute Gasteiger partial charge is 0.257 e. The molecule has 0 bridgehead atoms. The van der Waals surface area contributed by atoms with Gasteiger partial charge in [-0.15, -0.1) is 0 Å². The summed E-state index contributed by atoms with van der Waals surface area (Å²) >= 11 is 9.64. The Balaban J connectivity index is 2.18. The van der Waals surface area contributed by atoms with Crippen LogP contribution in [0.5, 0.6) is 5.75 Å². The molecule has 0 N–H and O–H groups in total. The average molecular weight is 509 g/mol. The van der Waals surface area contributed by atoms with Gasteiger partial charge in [0.2, 0.25) is 10.0 Å². The number of ether oxygens (including phenoxy) is 1. The first-order valence-electron chi connectivity index (χ1n) is 8.35. The van der Waals surface area contributed by atoms with Crippen LogP contribution in [-0.4, -0.2) is 38.0 Å². The minimum atomic E-state index is -3.80. The maximum Gasteiger partial charge on any atom is 0.257 e. The molecule has 0 aliphatic heterocycles. The third-order valence-electron chi connectivity index (χ3n) is 4.21. The zero-order valence-electron chi connectivity index (χ0n) is 15.4. The topological polar surface area (TPSA) is 64.4 Å². The van der Waals surface area contributed by atoms with Crippen molar-refractivity contribution in [1.82, 2.24) is 9.78 Å². The highest BCUT2D eigenvalue weighted by Crippen LogP contribution is 2.38. The van der Waals surface area contributed by atoms with Crippen LogP contribution in [0.25, 0.3) is 10.9 Å². The van der Waals surface area contributed by atoms with Crippen LogP contribution >= 0.6 is 27.5 Å². The number of nitrogens with zero attached hydrogens (tertiary/aromatic N) is 3. The van der Waals surface area contributed by atoms with Crippen LogP contribution in [0.2, 0.25) is 5.02 Å². The van der Waals surface area contributed by atoms with Gasteiger partial charge in [0.05, 0.1) is 35.8 Å². The Hall–Kier alpha value is -1.91. The summed E-state index contributed by atoms with van der Waals surface area (Å²) in [5.74, 6) is 0.614. The van der Waals surface area contributed by atoms with Gasteiger partial charge in [-0.2, -0.15) is 5.10 Å². The lowest BCUT2D eigenvalue weighted by Gasteiger charge is -2.21. The maximum atomic E-state index is 13.1. The van der Waals surface area contributed by atoms with Crippen molar-refractivity contribution in [3.63, 3.8) is 0 Å². The highest BCUT2D eigenvalue weighted by atomic mass is 79.9. The molecule has 1 aromatic heterocycles. The van der Waals surface area contributed by atoms with Crippen molar-refractivity contribution < 1.29 is 21.9 Å². The van der Waals surface area contributed by atoms with E-state index in [2.05, 4.69) is 21.0 Å². The second kappa shape index (κ2) is 8.45. The monoisotopic (exact) mass is 507 g/mol. The number of rotatable bonds is 7. The van der Waals surface area contributed by atoms with Crippen LogP contribution in [0, 0.1) is 0 Å². The molecular weight excluding hydrogens is 492 g/mol. The molecule has 1 heterocycles. The lowest BCUT2D eigenvalue weighted by molar-refractivity contribution is 0.123. The molecule has 0 fully saturated rings. The van der Waals surface area contributed by atoms with Crippen LogP contribution in [0.15, 0.2) is 40.9 Å². The van der Waals surface area contributed by atoms with Crippen LogP contribution in [0.1, 0.15) is 5.56 Å². The maximum absolute atomic E-state index is 13.1. The number of hydrogen-bond acceptors (Lipinski definition) is 4. The summed E-state index contributed by atoms with van der Waals surface area (Å²) in [5, 5.41) is 4.68. The zero-order chi connectivity index (χ0) is 21.3. The van der Waals surface area contributed by atoms with Crippen molar-refractivity contribution >= 4 is 54.3 Å². The van der Waals surface area contributed by atoms with Gasteiger partial charge in [-0.05, 0) is 45.8 Å². The van der Waals surface area contributed by atoms with Gasteiger partial charge in [-0.25, -0.2) is 21.5 Å². The molecular formula is C18H17BrClF2N3O3S. The predicted octanol–water partition coefficient (Wildman–Crippen LogP) is 4.69. The minimum absolute atomic E-state index is 0.00901. The van der Waals surface area contributed by atoms with E-state index < -0.39 is 23.0 Å². The molecule has 0 amide bonds. The van der Waals surface area contributed by atoms with Gasteiger partial charge in [-0.1, -0.05) is 23.7 Å². The normalized spacial score (nSPS) is 12.0. The Kier molecular flexibility index (Phi) is 6.35. The summed E-state index contributed by atoms with van der Waals surface area (Å²) in [5.41, 5.74) is 0.968. The Bertz CT molecular complexity index is 1140. The molecule has 156 valence electrons. The van der Waals surface area contributed by atoms with E-state index in [0.29, 0.717) is 21.3 Å². The molecule has 6 nitrogen and oxygen atoms in total. The fourth-order valence-electron chi connectivity index (χ4n) is 2.90. The molecule has 3 rings (SSSR count). The summed E-state index contributed by atoms with van der Waals surface area (Å²) in [7, 11) is -2.28. The Morgan fingerprint density at radius 1 is 1.24 bits per heavy atom. The molecule has 29 heavy (non-hydrogen) atoms. The lowest BCUT2D eigenvalue weighted by Crippen LogP contribution is -2.30. The van der Waals surface area contributed by atoms with Crippen molar-refractivity contribution in [2.24, 2.45) is 0 Å². The fraction of sp³-hybridized carbons (Fsp3) is 0.278. The first-order valence-corrected chi connectivity index (χ1v) is 11.4. The SMILES string of the molecule is COc1ccc(CN(c2nn(CC(F)F)c3c(Br)ccc(Cl)c23)S(C)(=O)=O)cc1. The second-order valence-corrected chi connectivity index (χ2v) is 9.44. The van der Waals surface area contributed by atoms with E-state index in [1.165, 1.54) is 7.11 Å². The molecule has 11 heteroatoms. The fourth-order valence-corrected chi connectivity index (χ4v) is 4.50. The van der Waals surface area contributed by atoms with E-state index in [0.717, 1.165) is 15.2 Å². The van der Waals surface area contributed by atoms with Crippen LogP contribution in [-0.2, 0) is 23.1 Å². The molecule has 0 spiro atoms. The zero-order valence-corrected chi connectivity index (χ0v) is 18.6. The van der Waals surface area contributed by atoms with E-state index in [1.807, 2.05) is 0 Å². The van der Waals surface area contributed by atoms with E-state index in [4.69, 9.17) is 16.3 Å². The van der Waals surface area contributed by atoms with E-state index >= 15 is 0 Å². The Labute approximate surface area is 180 Å². The lowest BCUT2D eigenvalue weighted by atomic mass is 10.2. The summed E-state index contributed by atoms with van der Waals surface area (Å²) in [6.07, 6.45) is -1.65. The highest BCUT2D eigenvalue weighted by molar-refractivity contribution is 9.10. The molecule has 0 atom stereocenters. The van der Waals surface area contributed by atoms with Gasteiger partial charge >= 0.3 is 0 Å². The van der Waals surface area contributed by atoms with Crippen LogP contribution in [0.4, 0.5) is 14.6 Å². The van der Waals surface area contributed by atoms with Crippen molar-refractivity contribution in [2.45, 2.75) is 19.5 Å².